The second-order valence-electron chi connectivity index (χ2n) is 6.87. The van der Waals surface area contributed by atoms with E-state index in [1.54, 1.807) is 42.5 Å². The average Bonchev–Trinajstić information content (AvgIpc) is 2.80. The fourth-order valence-corrected chi connectivity index (χ4v) is 4.05. The van der Waals surface area contributed by atoms with E-state index in [1.807, 2.05) is 0 Å². The predicted octanol–water partition coefficient (Wildman–Crippen LogP) is 4.07. The zero-order valence-corrected chi connectivity index (χ0v) is 18.4. The van der Waals surface area contributed by atoms with Gasteiger partial charge < -0.3 is 14.8 Å². The highest BCUT2D eigenvalue weighted by atomic mass is 32.2. The molecule has 0 bridgehead atoms. The first-order valence-corrected chi connectivity index (χ1v) is 11.3. The largest absolute Gasteiger partial charge is 0.493 e. The molecule has 2 N–H and O–H groups in total. The first kappa shape index (κ1) is 24.0. The molecule has 0 fully saturated rings. The van der Waals surface area contributed by atoms with Crippen molar-refractivity contribution in [2.24, 2.45) is 0 Å². The molecule has 0 saturated heterocycles. The van der Waals surface area contributed by atoms with Crippen molar-refractivity contribution in [1.82, 2.24) is 5.32 Å². The highest BCUT2D eigenvalue weighted by molar-refractivity contribution is 7.92. The Morgan fingerprint density at radius 3 is 2.30 bits per heavy atom. The van der Waals surface area contributed by atoms with E-state index in [9.17, 15) is 22.0 Å². The zero-order valence-electron chi connectivity index (χ0n) is 17.6. The third kappa shape index (κ3) is 6.66. The molecule has 3 aromatic carbocycles. The Balaban J connectivity index is 1.57. The summed E-state index contributed by atoms with van der Waals surface area (Å²) in [5, 5.41) is 2.73. The minimum Gasteiger partial charge on any atom is -0.493 e. The summed E-state index contributed by atoms with van der Waals surface area (Å²) in [5.41, 5.74) is 1.49. The van der Waals surface area contributed by atoms with Crippen molar-refractivity contribution in [3.8, 4) is 11.5 Å². The van der Waals surface area contributed by atoms with Crippen LogP contribution in [0.25, 0.3) is 0 Å². The molecule has 0 spiro atoms. The van der Waals surface area contributed by atoms with Crippen molar-refractivity contribution in [2.45, 2.75) is 17.9 Å². The van der Waals surface area contributed by atoms with Gasteiger partial charge in [0.1, 0.15) is 0 Å². The lowest BCUT2D eigenvalue weighted by molar-refractivity contribution is -0.0512. The summed E-state index contributed by atoms with van der Waals surface area (Å²) in [4.78, 5) is 12.4. The normalized spacial score (nSPS) is 11.2. The second kappa shape index (κ2) is 10.8. The van der Waals surface area contributed by atoms with Gasteiger partial charge in [-0.25, -0.2) is 8.42 Å². The first-order valence-electron chi connectivity index (χ1n) is 9.86. The molecule has 0 aliphatic rings. The Labute approximate surface area is 190 Å². The molecule has 7 nitrogen and oxygen atoms in total. The molecule has 0 radical (unpaired) electrons. The Bertz CT molecular complexity index is 1190. The number of sulfonamides is 1. The van der Waals surface area contributed by atoms with Gasteiger partial charge in [-0.15, -0.1) is 0 Å². The monoisotopic (exact) mass is 476 g/mol. The third-order valence-electron chi connectivity index (χ3n) is 4.60. The quantitative estimate of drug-likeness (QED) is 0.460. The number of amides is 1. The lowest BCUT2D eigenvalue weighted by Gasteiger charge is -2.12. The van der Waals surface area contributed by atoms with Gasteiger partial charge in [-0.2, -0.15) is 8.78 Å². The van der Waals surface area contributed by atoms with E-state index in [0.717, 1.165) is 5.56 Å². The fraction of sp³-hybridized carbons (Fsp3) is 0.174. The van der Waals surface area contributed by atoms with Gasteiger partial charge >= 0.3 is 6.61 Å². The van der Waals surface area contributed by atoms with Crippen LogP contribution in [-0.2, 0) is 16.4 Å². The molecule has 3 rings (SSSR count). The minimum atomic E-state index is -3.78. The summed E-state index contributed by atoms with van der Waals surface area (Å²) in [6.45, 7) is -2.69. The van der Waals surface area contributed by atoms with Crippen LogP contribution in [0.2, 0.25) is 0 Å². The number of halogens is 2. The second-order valence-corrected chi connectivity index (χ2v) is 8.55. The van der Waals surface area contributed by atoms with Gasteiger partial charge in [0, 0.05) is 17.8 Å². The number of alkyl halides is 2. The number of hydrogen-bond acceptors (Lipinski definition) is 5. The maximum atomic E-state index is 12.5. The number of methoxy groups -OCH3 is 1. The number of ether oxygens (including phenoxy) is 2. The average molecular weight is 477 g/mol. The van der Waals surface area contributed by atoms with Gasteiger partial charge in [0.15, 0.2) is 11.5 Å². The molecule has 3 aromatic rings. The van der Waals surface area contributed by atoms with Crippen LogP contribution < -0.4 is 19.5 Å². The maximum absolute atomic E-state index is 12.5. The van der Waals surface area contributed by atoms with E-state index >= 15 is 0 Å². The molecular weight excluding hydrogens is 454 g/mol. The van der Waals surface area contributed by atoms with Gasteiger partial charge in [-0.1, -0.05) is 24.3 Å². The zero-order chi connectivity index (χ0) is 23.8. The number of rotatable bonds is 10. The van der Waals surface area contributed by atoms with Crippen LogP contribution >= 0.6 is 0 Å². The predicted molar refractivity (Wildman–Crippen MR) is 119 cm³/mol. The van der Waals surface area contributed by atoms with Crippen molar-refractivity contribution < 1.29 is 31.5 Å². The van der Waals surface area contributed by atoms with Crippen molar-refractivity contribution >= 4 is 21.6 Å². The Morgan fingerprint density at radius 1 is 0.970 bits per heavy atom. The summed E-state index contributed by atoms with van der Waals surface area (Å²) in [7, 11) is -2.43. The standard InChI is InChI=1S/C23H22F2N2O5S/c1-31-21-15-16(7-12-20(21)32-23(24)25)13-14-26-22(28)17-8-10-19(11-9-17)33(29,30)27-18-5-3-2-4-6-18/h2-12,15,23,27H,13-14H2,1H3,(H,26,28). The summed E-state index contributed by atoms with van der Waals surface area (Å²) >= 11 is 0. The van der Waals surface area contributed by atoms with E-state index < -0.39 is 16.6 Å². The van der Waals surface area contributed by atoms with Crippen LogP contribution in [0.3, 0.4) is 0 Å². The van der Waals surface area contributed by atoms with Crippen LogP contribution in [0.1, 0.15) is 15.9 Å². The van der Waals surface area contributed by atoms with Gasteiger partial charge in [0.05, 0.1) is 12.0 Å². The van der Waals surface area contributed by atoms with Crippen molar-refractivity contribution in [3.05, 3.63) is 83.9 Å². The van der Waals surface area contributed by atoms with E-state index in [-0.39, 0.29) is 28.8 Å². The molecule has 33 heavy (non-hydrogen) atoms. The summed E-state index contributed by atoms with van der Waals surface area (Å²) in [6.07, 6.45) is 0.421. The first-order chi connectivity index (χ1) is 15.8. The third-order valence-corrected chi connectivity index (χ3v) is 5.99. The lowest BCUT2D eigenvalue weighted by Crippen LogP contribution is -2.25. The number of hydrogen-bond donors (Lipinski definition) is 2. The topological polar surface area (TPSA) is 93.7 Å². The Morgan fingerprint density at radius 2 is 1.67 bits per heavy atom. The van der Waals surface area contributed by atoms with Crippen LogP contribution in [-0.4, -0.2) is 34.6 Å². The molecule has 0 saturated carbocycles. The number of carbonyl (C=O) groups excluding carboxylic acids is 1. The summed E-state index contributed by atoms with van der Waals surface area (Å²) < 4.78 is 61.7. The number of nitrogens with one attached hydrogen (secondary N) is 2. The van der Waals surface area contributed by atoms with Crippen molar-refractivity contribution in [1.29, 1.82) is 0 Å². The van der Waals surface area contributed by atoms with Crippen LogP contribution in [0.5, 0.6) is 11.5 Å². The Kier molecular flexibility index (Phi) is 7.83. The molecule has 0 heterocycles. The highest BCUT2D eigenvalue weighted by Gasteiger charge is 2.15. The van der Waals surface area contributed by atoms with Crippen LogP contribution in [0, 0.1) is 0 Å². The summed E-state index contributed by atoms with van der Waals surface area (Å²) in [6, 6.07) is 18.6. The van der Waals surface area contributed by atoms with Gasteiger partial charge in [-0.3, -0.25) is 9.52 Å². The number of benzene rings is 3. The highest BCUT2D eigenvalue weighted by Crippen LogP contribution is 2.29. The molecule has 0 unspecified atom stereocenters. The lowest BCUT2D eigenvalue weighted by atomic mass is 10.1. The van der Waals surface area contributed by atoms with E-state index in [1.165, 1.54) is 37.4 Å². The molecule has 0 aliphatic heterocycles. The van der Waals surface area contributed by atoms with Gasteiger partial charge in [-0.05, 0) is 60.5 Å². The number of para-hydroxylation sites is 1. The van der Waals surface area contributed by atoms with E-state index in [4.69, 9.17) is 4.74 Å². The SMILES string of the molecule is COc1cc(CCNC(=O)c2ccc(S(=O)(=O)Nc3ccccc3)cc2)ccc1OC(F)F. The molecule has 0 atom stereocenters. The van der Waals surface area contributed by atoms with E-state index in [2.05, 4.69) is 14.8 Å². The van der Waals surface area contributed by atoms with Crippen molar-refractivity contribution in [3.63, 3.8) is 0 Å². The molecule has 1 amide bonds. The smallest absolute Gasteiger partial charge is 0.387 e. The molecule has 10 heteroatoms. The van der Waals surface area contributed by atoms with Gasteiger partial charge in [0.2, 0.25) is 0 Å². The molecule has 174 valence electrons. The van der Waals surface area contributed by atoms with Crippen molar-refractivity contribution in [2.75, 3.05) is 18.4 Å². The van der Waals surface area contributed by atoms with Crippen LogP contribution in [0.4, 0.5) is 14.5 Å². The molecule has 0 aromatic heterocycles. The number of carbonyl (C=O) groups is 1. The fourth-order valence-electron chi connectivity index (χ4n) is 2.99. The molecular formula is C23H22F2N2O5S. The van der Waals surface area contributed by atoms with E-state index in [0.29, 0.717) is 17.7 Å². The van der Waals surface area contributed by atoms with Crippen LogP contribution in [0.15, 0.2) is 77.7 Å². The Hall–Kier alpha value is -3.66. The molecule has 0 aliphatic carbocycles. The maximum Gasteiger partial charge on any atom is 0.387 e. The minimum absolute atomic E-state index is 0.0288. The van der Waals surface area contributed by atoms with Gasteiger partial charge in [0.25, 0.3) is 15.9 Å². The summed E-state index contributed by atoms with van der Waals surface area (Å²) in [5.74, 6) is -0.281. The number of anilines is 1.